The van der Waals surface area contributed by atoms with Gasteiger partial charge in [0.15, 0.2) is 0 Å². The van der Waals surface area contributed by atoms with Gasteiger partial charge in [-0.2, -0.15) is 0 Å². The van der Waals surface area contributed by atoms with Crippen LogP contribution in [0.3, 0.4) is 0 Å². The Morgan fingerprint density at radius 1 is 1.05 bits per heavy atom. The van der Waals surface area contributed by atoms with Crippen molar-refractivity contribution in [1.82, 2.24) is 0 Å². The van der Waals surface area contributed by atoms with Gasteiger partial charge in [0.1, 0.15) is 0 Å². The van der Waals surface area contributed by atoms with E-state index in [1.807, 2.05) is 25.1 Å². The molecule has 0 amide bonds. The van der Waals surface area contributed by atoms with E-state index in [1.165, 1.54) is 32.1 Å². The van der Waals surface area contributed by atoms with Crippen molar-refractivity contribution >= 4 is 11.5 Å². The molecule has 21 heavy (non-hydrogen) atoms. The second-order valence-electron chi connectivity index (χ2n) is 5.28. The number of benzene rings is 1. The summed E-state index contributed by atoms with van der Waals surface area (Å²) in [6, 6.07) is 10.1. The normalized spacial score (nSPS) is 11.4. The lowest BCUT2D eigenvalue weighted by Gasteiger charge is -2.08. The quantitative estimate of drug-likeness (QED) is 0.426. The Morgan fingerprint density at radius 3 is 2.43 bits per heavy atom. The Bertz CT molecular complexity index is 420. The minimum atomic E-state index is -0.140. The average Bonchev–Trinajstić information content (AvgIpc) is 2.50. The van der Waals surface area contributed by atoms with Crippen LogP contribution in [0.25, 0.3) is 5.57 Å². The Kier molecular flexibility index (Phi) is 9.26. The van der Waals surface area contributed by atoms with E-state index in [0.717, 1.165) is 17.6 Å². The van der Waals surface area contributed by atoms with Gasteiger partial charge in [-0.3, -0.25) is 4.79 Å². The van der Waals surface area contributed by atoms with Crippen LogP contribution in [-0.2, 0) is 9.53 Å². The molecule has 0 bridgehead atoms. The van der Waals surface area contributed by atoms with Gasteiger partial charge in [0.05, 0.1) is 13.0 Å². The molecule has 0 heterocycles. The molecule has 116 valence electrons. The Morgan fingerprint density at radius 2 is 1.76 bits per heavy atom. The molecule has 0 radical (unpaired) electrons. The summed E-state index contributed by atoms with van der Waals surface area (Å²) in [5.41, 5.74) is 2.21. The second-order valence-corrected chi connectivity index (χ2v) is 5.28. The van der Waals surface area contributed by atoms with Crippen LogP contribution >= 0.6 is 0 Å². The van der Waals surface area contributed by atoms with Crippen LogP contribution in [0.15, 0.2) is 36.4 Å². The zero-order chi connectivity index (χ0) is 15.3. The first-order chi connectivity index (χ1) is 10.3. The van der Waals surface area contributed by atoms with Gasteiger partial charge in [-0.25, -0.2) is 0 Å². The first-order valence-corrected chi connectivity index (χ1v) is 8.18. The summed E-state index contributed by atoms with van der Waals surface area (Å²) in [7, 11) is 0. The number of allylic oxidation sites excluding steroid dienone is 1. The van der Waals surface area contributed by atoms with Gasteiger partial charge in [-0.1, -0.05) is 69.0 Å². The molecule has 0 aliphatic heterocycles. The zero-order valence-electron chi connectivity index (χ0n) is 13.4. The van der Waals surface area contributed by atoms with Gasteiger partial charge in [0.2, 0.25) is 0 Å². The number of esters is 1. The van der Waals surface area contributed by atoms with Crippen molar-refractivity contribution in [2.45, 2.75) is 58.8 Å². The largest absolute Gasteiger partial charge is 0.466 e. The third kappa shape index (κ3) is 7.69. The van der Waals surface area contributed by atoms with Crippen molar-refractivity contribution in [3.8, 4) is 0 Å². The van der Waals surface area contributed by atoms with Crippen molar-refractivity contribution in [3.63, 3.8) is 0 Å². The predicted molar refractivity (Wildman–Crippen MR) is 89.0 cm³/mol. The third-order valence-corrected chi connectivity index (χ3v) is 3.48. The highest BCUT2D eigenvalue weighted by molar-refractivity contribution is 5.85. The van der Waals surface area contributed by atoms with Crippen molar-refractivity contribution in [2.24, 2.45) is 0 Å². The summed E-state index contributed by atoms with van der Waals surface area (Å²) >= 11 is 0. The van der Waals surface area contributed by atoms with Gasteiger partial charge in [-0.15, -0.1) is 0 Å². The SMILES string of the molecule is CCCCCCC/C=C(/CC(=O)OCC)c1ccccc1. The van der Waals surface area contributed by atoms with Crippen molar-refractivity contribution in [2.75, 3.05) is 6.61 Å². The minimum Gasteiger partial charge on any atom is -0.466 e. The van der Waals surface area contributed by atoms with Gasteiger partial charge < -0.3 is 4.74 Å². The summed E-state index contributed by atoms with van der Waals surface area (Å²) in [4.78, 5) is 11.7. The fourth-order valence-corrected chi connectivity index (χ4v) is 2.34. The molecule has 0 N–H and O–H groups in total. The molecule has 1 aromatic carbocycles. The fourth-order valence-electron chi connectivity index (χ4n) is 2.34. The number of unbranched alkanes of at least 4 members (excludes halogenated alkanes) is 5. The Hall–Kier alpha value is -1.57. The number of ether oxygens (including phenoxy) is 1. The molecule has 0 spiro atoms. The van der Waals surface area contributed by atoms with Crippen LogP contribution in [0.5, 0.6) is 0 Å². The first kappa shape index (κ1) is 17.5. The molecule has 0 fully saturated rings. The van der Waals surface area contributed by atoms with Crippen molar-refractivity contribution < 1.29 is 9.53 Å². The van der Waals surface area contributed by atoms with Crippen LogP contribution in [0.2, 0.25) is 0 Å². The van der Waals surface area contributed by atoms with E-state index in [2.05, 4.69) is 25.1 Å². The third-order valence-electron chi connectivity index (χ3n) is 3.48. The predicted octanol–water partition coefficient (Wildman–Crippen LogP) is 5.38. The summed E-state index contributed by atoms with van der Waals surface area (Å²) < 4.78 is 5.07. The molecule has 0 saturated carbocycles. The smallest absolute Gasteiger partial charge is 0.310 e. The number of hydrogen-bond acceptors (Lipinski definition) is 2. The molecule has 1 aromatic rings. The van der Waals surface area contributed by atoms with Gasteiger partial charge in [0, 0.05) is 0 Å². The van der Waals surface area contributed by atoms with Gasteiger partial charge >= 0.3 is 5.97 Å². The molecular formula is C19H28O2. The minimum absolute atomic E-state index is 0.140. The van der Waals surface area contributed by atoms with E-state index in [1.54, 1.807) is 0 Å². The Labute approximate surface area is 129 Å². The van der Waals surface area contributed by atoms with Crippen molar-refractivity contribution in [3.05, 3.63) is 42.0 Å². The molecule has 0 unspecified atom stereocenters. The first-order valence-electron chi connectivity index (χ1n) is 8.18. The monoisotopic (exact) mass is 288 g/mol. The van der Waals surface area contributed by atoms with Crippen LogP contribution in [0, 0.1) is 0 Å². The summed E-state index contributed by atoms with van der Waals surface area (Å²) in [5.74, 6) is -0.140. The molecule has 0 aliphatic rings. The molecule has 0 aromatic heterocycles. The lowest BCUT2D eigenvalue weighted by Crippen LogP contribution is -2.04. The van der Waals surface area contributed by atoms with E-state index >= 15 is 0 Å². The van der Waals surface area contributed by atoms with Gasteiger partial charge in [0.25, 0.3) is 0 Å². The number of carbonyl (C=O) groups excluding carboxylic acids is 1. The highest BCUT2D eigenvalue weighted by Gasteiger charge is 2.08. The standard InChI is InChI=1S/C19H28O2/c1-3-5-6-7-8-10-15-18(16-19(20)21-4-2)17-13-11-9-12-14-17/h9,11-15H,3-8,10,16H2,1-2H3/b18-15-. The maximum Gasteiger partial charge on any atom is 0.310 e. The van der Waals surface area contributed by atoms with E-state index in [9.17, 15) is 4.79 Å². The van der Waals surface area contributed by atoms with E-state index in [-0.39, 0.29) is 5.97 Å². The molecule has 0 aliphatic carbocycles. The number of hydrogen-bond donors (Lipinski definition) is 0. The fraction of sp³-hybridized carbons (Fsp3) is 0.526. The molecule has 2 nitrogen and oxygen atoms in total. The maximum absolute atomic E-state index is 11.7. The van der Waals surface area contributed by atoms with Crippen LogP contribution < -0.4 is 0 Å². The van der Waals surface area contributed by atoms with E-state index in [0.29, 0.717) is 13.0 Å². The van der Waals surface area contributed by atoms with Crippen LogP contribution in [0.1, 0.15) is 64.4 Å². The van der Waals surface area contributed by atoms with E-state index < -0.39 is 0 Å². The molecule has 0 saturated heterocycles. The maximum atomic E-state index is 11.7. The van der Waals surface area contributed by atoms with Crippen LogP contribution in [-0.4, -0.2) is 12.6 Å². The highest BCUT2D eigenvalue weighted by Crippen LogP contribution is 2.20. The molecular weight excluding hydrogens is 260 g/mol. The second kappa shape index (κ2) is 11.1. The summed E-state index contributed by atoms with van der Waals surface area (Å²) in [6.45, 7) is 4.52. The van der Waals surface area contributed by atoms with E-state index in [4.69, 9.17) is 4.74 Å². The van der Waals surface area contributed by atoms with Gasteiger partial charge in [-0.05, 0) is 30.9 Å². The number of carbonyl (C=O) groups is 1. The molecule has 2 heteroatoms. The molecule has 0 atom stereocenters. The average molecular weight is 288 g/mol. The molecule has 1 rings (SSSR count). The highest BCUT2D eigenvalue weighted by atomic mass is 16.5. The van der Waals surface area contributed by atoms with Crippen LogP contribution in [0.4, 0.5) is 0 Å². The summed E-state index contributed by atoms with van der Waals surface area (Å²) in [5, 5.41) is 0. The Balaban J connectivity index is 2.57. The lowest BCUT2D eigenvalue weighted by atomic mass is 10.0. The topological polar surface area (TPSA) is 26.3 Å². The lowest BCUT2D eigenvalue weighted by molar-refractivity contribution is -0.141. The van der Waals surface area contributed by atoms with Crippen molar-refractivity contribution in [1.29, 1.82) is 0 Å². The summed E-state index contributed by atoms with van der Waals surface area (Å²) in [6.07, 6.45) is 9.97. The number of rotatable bonds is 10. The zero-order valence-corrected chi connectivity index (χ0v) is 13.4.